The summed E-state index contributed by atoms with van der Waals surface area (Å²) in [7, 11) is -3.26. The van der Waals surface area contributed by atoms with Gasteiger partial charge in [0.15, 0.2) is 0 Å². The van der Waals surface area contributed by atoms with E-state index < -0.39 is 10.0 Å². The Hall–Kier alpha value is -1.76. The van der Waals surface area contributed by atoms with Crippen LogP contribution in [0.2, 0.25) is 0 Å². The maximum absolute atomic E-state index is 11.3. The van der Waals surface area contributed by atoms with Crippen LogP contribution in [-0.4, -0.2) is 32.7 Å². The van der Waals surface area contributed by atoms with Crippen LogP contribution in [0.15, 0.2) is 24.3 Å². The summed E-state index contributed by atoms with van der Waals surface area (Å²) in [6, 6.07) is 7.87. The van der Waals surface area contributed by atoms with Crippen molar-refractivity contribution in [3.8, 4) is 0 Å². The van der Waals surface area contributed by atoms with E-state index in [1.165, 1.54) is 0 Å². The van der Waals surface area contributed by atoms with Crippen molar-refractivity contribution in [2.45, 2.75) is 44.7 Å². The summed E-state index contributed by atoms with van der Waals surface area (Å²) < 4.78 is 25.0. The van der Waals surface area contributed by atoms with E-state index in [1.807, 2.05) is 12.1 Å². The van der Waals surface area contributed by atoms with Gasteiger partial charge in [0.2, 0.25) is 15.9 Å². The summed E-state index contributed by atoms with van der Waals surface area (Å²) in [4.78, 5) is 11.1. The average molecular weight is 325 g/mol. The predicted molar refractivity (Wildman–Crippen MR) is 88.4 cm³/mol. The van der Waals surface area contributed by atoms with Gasteiger partial charge in [-0.15, -0.1) is 0 Å². The molecular formula is C15H23N3O3S. The molecule has 6 nitrogen and oxygen atoms in total. The van der Waals surface area contributed by atoms with Gasteiger partial charge in [-0.25, -0.2) is 8.42 Å². The molecule has 1 saturated carbocycles. The first kappa shape index (κ1) is 16.6. The monoisotopic (exact) mass is 325 g/mol. The molecule has 2 rings (SSSR count). The molecule has 7 heteroatoms. The summed E-state index contributed by atoms with van der Waals surface area (Å²) in [5.41, 5.74) is 1.45. The van der Waals surface area contributed by atoms with Gasteiger partial charge in [-0.1, -0.05) is 6.07 Å². The standard InChI is InChI=1S/C15H23N3O3S/c1-11(19)16-12-6-8-13(9-7-12)17-14-4-3-5-15(10-14)18-22(2,20)21/h3-5,10,12-13,17-18H,6-9H2,1-2H3,(H,16,19). The average Bonchev–Trinajstić information content (AvgIpc) is 2.39. The molecule has 0 heterocycles. The largest absolute Gasteiger partial charge is 0.382 e. The smallest absolute Gasteiger partial charge is 0.229 e. The zero-order chi connectivity index (χ0) is 16.2. The van der Waals surface area contributed by atoms with Crippen LogP contribution >= 0.6 is 0 Å². The Morgan fingerprint density at radius 1 is 1.09 bits per heavy atom. The Balaban J connectivity index is 1.89. The van der Waals surface area contributed by atoms with Crippen molar-refractivity contribution in [2.24, 2.45) is 0 Å². The fourth-order valence-electron chi connectivity index (χ4n) is 2.79. The number of sulfonamides is 1. The number of anilines is 2. The number of hydrogen-bond acceptors (Lipinski definition) is 4. The highest BCUT2D eigenvalue weighted by atomic mass is 32.2. The highest BCUT2D eigenvalue weighted by molar-refractivity contribution is 7.92. The Labute approximate surface area is 131 Å². The molecule has 0 saturated heterocycles. The number of carbonyl (C=O) groups excluding carboxylic acids is 1. The van der Waals surface area contributed by atoms with E-state index in [1.54, 1.807) is 19.1 Å². The molecule has 0 radical (unpaired) electrons. The van der Waals surface area contributed by atoms with Crippen molar-refractivity contribution in [1.29, 1.82) is 0 Å². The fourth-order valence-corrected chi connectivity index (χ4v) is 3.35. The normalized spacial score (nSPS) is 21.9. The van der Waals surface area contributed by atoms with E-state index >= 15 is 0 Å². The SMILES string of the molecule is CC(=O)NC1CCC(Nc2cccc(NS(C)(=O)=O)c2)CC1. The lowest BCUT2D eigenvalue weighted by Gasteiger charge is -2.30. The fraction of sp³-hybridized carbons (Fsp3) is 0.533. The Morgan fingerprint density at radius 3 is 2.27 bits per heavy atom. The van der Waals surface area contributed by atoms with Crippen LogP contribution in [-0.2, 0) is 14.8 Å². The van der Waals surface area contributed by atoms with Crippen LogP contribution in [0.25, 0.3) is 0 Å². The van der Waals surface area contributed by atoms with E-state index in [2.05, 4.69) is 15.4 Å². The van der Waals surface area contributed by atoms with Crippen molar-refractivity contribution in [3.63, 3.8) is 0 Å². The Kier molecular flexibility index (Phi) is 5.28. The molecular weight excluding hydrogens is 302 g/mol. The topological polar surface area (TPSA) is 87.3 Å². The van der Waals surface area contributed by atoms with E-state index in [0.717, 1.165) is 37.6 Å². The van der Waals surface area contributed by atoms with Crippen LogP contribution in [0.4, 0.5) is 11.4 Å². The molecule has 22 heavy (non-hydrogen) atoms. The molecule has 1 aliphatic rings. The second-order valence-corrected chi connectivity index (χ2v) is 7.60. The summed E-state index contributed by atoms with van der Waals surface area (Å²) in [6.07, 6.45) is 5.01. The van der Waals surface area contributed by atoms with E-state index in [9.17, 15) is 13.2 Å². The summed E-state index contributed by atoms with van der Waals surface area (Å²) in [6.45, 7) is 1.55. The first-order chi connectivity index (χ1) is 10.3. The van der Waals surface area contributed by atoms with Gasteiger partial charge in [0.25, 0.3) is 0 Å². The van der Waals surface area contributed by atoms with Gasteiger partial charge in [0.05, 0.1) is 11.9 Å². The molecule has 1 aromatic rings. The third-order valence-corrected chi connectivity index (χ3v) is 4.28. The molecule has 1 aromatic carbocycles. The number of benzene rings is 1. The van der Waals surface area contributed by atoms with Gasteiger partial charge < -0.3 is 10.6 Å². The molecule has 0 bridgehead atoms. The minimum absolute atomic E-state index is 0.0240. The summed E-state index contributed by atoms with van der Waals surface area (Å²) in [5.74, 6) is 0.0240. The van der Waals surface area contributed by atoms with Crippen molar-refractivity contribution in [3.05, 3.63) is 24.3 Å². The van der Waals surface area contributed by atoms with Gasteiger partial charge in [-0.3, -0.25) is 9.52 Å². The zero-order valence-corrected chi connectivity index (χ0v) is 13.7. The number of amides is 1. The first-order valence-electron chi connectivity index (χ1n) is 7.43. The Morgan fingerprint density at radius 2 is 1.68 bits per heavy atom. The van der Waals surface area contributed by atoms with Crippen molar-refractivity contribution >= 4 is 27.3 Å². The van der Waals surface area contributed by atoms with Gasteiger partial charge in [-0.05, 0) is 43.9 Å². The maximum atomic E-state index is 11.3. The highest BCUT2D eigenvalue weighted by Crippen LogP contribution is 2.24. The number of nitrogens with one attached hydrogen (secondary N) is 3. The maximum Gasteiger partial charge on any atom is 0.229 e. The van der Waals surface area contributed by atoms with Gasteiger partial charge in [0, 0.05) is 24.7 Å². The van der Waals surface area contributed by atoms with Crippen LogP contribution in [0.3, 0.4) is 0 Å². The second kappa shape index (κ2) is 7.00. The van der Waals surface area contributed by atoms with Gasteiger partial charge >= 0.3 is 0 Å². The number of carbonyl (C=O) groups is 1. The van der Waals surface area contributed by atoms with Crippen molar-refractivity contribution < 1.29 is 13.2 Å². The van der Waals surface area contributed by atoms with Crippen LogP contribution in [0.1, 0.15) is 32.6 Å². The van der Waals surface area contributed by atoms with Gasteiger partial charge in [-0.2, -0.15) is 0 Å². The Bertz CT molecular complexity index is 623. The molecule has 1 aliphatic carbocycles. The van der Waals surface area contributed by atoms with Crippen LogP contribution in [0.5, 0.6) is 0 Å². The molecule has 0 unspecified atom stereocenters. The van der Waals surface area contributed by atoms with E-state index in [0.29, 0.717) is 11.7 Å². The highest BCUT2D eigenvalue weighted by Gasteiger charge is 2.21. The third kappa shape index (κ3) is 5.55. The molecule has 0 aliphatic heterocycles. The number of rotatable bonds is 5. The molecule has 3 N–H and O–H groups in total. The lowest BCUT2D eigenvalue weighted by atomic mass is 9.91. The first-order valence-corrected chi connectivity index (χ1v) is 9.32. The molecule has 0 aromatic heterocycles. The second-order valence-electron chi connectivity index (χ2n) is 5.85. The third-order valence-electron chi connectivity index (χ3n) is 3.67. The molecule has 0 atom stereocenters. The van der Waals surface area contributed by atoms with E-state index in [-0.39, 0.29) is 11.9 Å². The zero-order valence-electron chi connectivity index (χ0n) is 12.9. The minimum Gasteiger partial charge on any atom is -0.382 e. The molecule has 1 fully saturated rings. The van der Waals surface area contributed by atoms with Crippen LogP contribution in [0, 0.1) is 0 Å². The molecule has 1 amide bonds. The lowest BCUT2D eigenvalue weighted by molar-refractivity contribution is -0.119. The molecule has 122 valence electrons. The van der Waals surface area contributed by atoms with E-state index in [4.69, 9.17) is 0 Å². The number of hydrogen-bond donors (Lipinski definition) is 3. The summed E-state index contributed by atoms with van der Waals surface area (Å²) in [5, 5.41) is 6.39. The lowest BCUT2D eigenvalue weighted by Crippen LogP contribution is -2.39. The molecule has 0 spiro atoms. The van der Waals surface area contributed by atoms with Crippen molar-refractivity contribution in [2.75, 3.05) is 16.3 Å². The van der Waals surface area contributed by atoms with Gasteiger partial charge in [0.1, 0.15) is 0 Å². The van der Waals surface area contributed by atoms with Crippen molar-refractivity contribution in [1.82, 2.24) is 5.32 Å². The minimum atomic E-state index is -3.26. The summed E-state index contributed by atoms with van der Waals surface area (Å²) >= 11 is 0. The quantitative estimate of drug-likeness (QED) is 0.772. The predicted octanol–water partition coefficient (Wildman–Crippen LogP) is 1.92. The van der Waals surface area contributed by atoms with Crippen LogP contribution < -0.4 is 15.4 Å².